The first-order valence-corrected chi connectivity index (χ1v) is 10.3. The maximum absolute atomic E-state index is 12.4. The van der Waals surface area contributed by atoms with E-state index in [1.807, 2.05) is 5.38 Å². The van der Waals surface area contributed by atoms with Gasteiger partial charge in [0.1, 0.15) is 6.10 Å². The molecule has 2 saturated carbocycles. The number of amides is 1. The Morgan fingerprint density at radius 3 is 2.83 bits per heavy atom. The van der Waals surface area contributed by atoms with Gasteiger partial charge in [-0.15, -0.1) is 11.3 Å². The molecular weight excluding hydrogens is 406 g/mol. The fraction of sp³-hybridized carbons (Fsp3) is 0.421. The van der Waals surface area contributed by atoms with E-state index in [1.54, 1.807) is 24.1 Å². The lowest BCUT2D eigenvalue weighted by Crippen LogP contribution is -2.41. The molecule has 5 rings (SSSR count). The second-order valence-electron chi connectivity index (χ2n) is 7.41. The maximum atomic E-state index is 12.4. The van der Waals surface area contributed by atoms with Gasteiger partial charge in [-0.3, -0.25) is 4.79 Å². The minimum absolute atomic E-state index is 0.210. The molecule has 10 nitrogen and oxygen atoms in total. The normalized spacial score (nSPS) is 29.2. The Bertz CT molecular complexity index is 1200. The number of aliphatic hydroxyl groups excluding tert-OH is 2. The van der Waals surface area contributed by atoms with Gasteiger partial charge in [0.15, 0.2) is 22.0 Å². The average Bonchev–Trinajstić information content (AvgIpc) is 3.06. The van der Waals surface area contributed by atoms with Crippen LogP contribution in [0.3, 0.4) is 0 Å². The van der Waals surface area contributed by atoms with E-state index < -0.39 is 23.7 Å². The van der Waals surface area contributed by atoms with Crippen LogP contribution in [0, 0.1) is 23.2 Å². The fourth-order valence-electron chi connectivity index (χ4n) is 4.55. The van der Waals surface area contributed by atoms with Crippen LogP contribution in [-0.2, 0) is 4.79 Å². The van der Waals surface area contributed by atoms with Crippen molar-refractivity contribution in [2.24, 2.45) is 11.3 Å². The van der Waals surface area contributed by atoms with Crippen molar-refractivity contribution in [3.05, 3.63) is 28.7 Å². The predicted molar refractivity (Wildman–Crippen MR) is 109 cm³/mol. The van der Waals surface area contributed by atoms with Gasteiger partial charge in [0, 0.05) is 31.6 Å². The van der Waals surface area contributed by atoms with E-state index in [1.165, 1.54) is 18.4 Å². The van der Waals surface area contributed by atoms with Gasteiger partial charge in [-0.2, -0.15) is 0 Å². The predicted octanol–water partition coefficient (Wildman–Crippen LogP) is -0.247. The lowest BCUT2D eigenvalue weighted by atomic mass is 9.98. The first-order valence-electron chi connectivity index (χ1n) is 9.43. The van der Waals surface area contributed by atoms with Gasteiger partial charge in [-0.1, -0.05) is 0 Å². The summed E-state index contributed by atoms with van der Waals surface area (Å²) >= 11 is 1.42. The molecule has 0 saturated heterocycles. The number of fused-ring (bicyclic) bond motifs is 2. The summed E-state index contributed by atoms with van der Waals surface area (Å²) in [6.45, 7) is 0. The number of carbonyl (C=O) groups is 1. The first-order chi connectivity index (χ1) is 14.5. The minimum atomic E-state index is -1.15. The Kier molecular flexibility index (Phi) is 4.25. The third-order valence-electron chi connectivity index (χ3n) is 6.02. The number of rotatable bonds is 3. The van der Waals surface area contributed by atoms with Crippen LogP contribution in [0.4, 0.5) is 5.82 Å². The standard InChI is InChI=1S/C19H19N7O3S/c1-20-16-12-17(25-10(24-16)3-4-11-22-5-6-30-11)26(8-23-12)13-9-7-19(9,18(29)21-2)15(28)14(13)27/h5-6,8-9,13-15,27-28H,7H2,1-2H3,(H,21,29)(H,20,24,25)/t9-,13-,14+,15+,19+/m1/s1. The number of nitrogens with one attached hydrogen (secondary N) is 2. The summed E-state index contributed by atoms with van der Waals surface area (Å²) in [5.41, 5.74) is 0.0348. The van der Waals surface area contributed by atoms with Crippen molar-refractivity contribution in [1.29, 1.82) is 0 Å². The molecule has 0 spiro atoms. The maximum Gasteiger partial charge on any atom is 0.229 e. The van der Waals surface area contributed by atoms with Crippen molar-refractivity contribution in [1.82, 2.24) is 29.8 Å². The van der Waals surface area contributed by atoms with Gasteiger partial charge in [0.2, 0.25) is 11.7 Å². The highest BCUT2D eigenvalue weighted by Crippen LogP contribution is 2.67. The molecule has 0 radical (unpaired) electrons. The lowest BCUT2D eigenvalue weighted by Gasteiger charge is -2.23. The number of carbonyl (C=O) groups excluding carboxylic acids is 1. The fourth-order valence-corrected chi connectivity index (χ4v) is 5.03. The molecule has 30 heavy (non-hydrogen) atoms. The van der Waals surface area contributed by atoms with Gasteiger partial charge in [0.25, 0.3) is 0 Å². The molecule has 0 aromatic carbocycles. The first kappa shape index (κ1) is 18.9. The molecule has 4 N–H and O–H groups in total. The summed E-state index contributed by atoms with van der Waals surface area (Å²) in [5, 5.41) is 29.5. The van der Waals surface area contributed by atoms with Gasteiger partial charge in [-0.25, -0.2) is 19.9 Å². The van der Waals surface area contributed by atoms with Gasteiger partial charge in [0.05, 0.1) is 23.9 Å². The Morgan fingerprint density at radius 2 is 2.13 bits per heavy atom. The Hall–Kier alpha value is -3.07. The average molecular weight is 425 g/mol. The highest BCUT2D eigenvalue weighted by Gasteiger charge is 2.75. The van der Waals surface area contributed by atoms with Crippen LogP contribution in [0.15, 0.2) is 17.9 Å². The summed E-state index contributed by atoms with van der Waals surface area (Å²) in [7, 11) is 3.26. The minimum Gasteiger partial charge on any atom is -0.389 e. The van der Waals surface area contributed by atoms with Crippen molar-refractivity contribution in [3.8, 4) is 11.8 Å². The van der Waals surface area contributed by atoms with E-state index in [2.05, 4.69) is 42.4 Å². The summed E-state index contributed by atoms with van der Waals surface area (Å²) in [6, 6.07) is -0.526. The monoisotopic (exact) mass is 425 g/mol. The smallest absolute Gasteiger partial charge is 0.229 e. The van der Waals surface area contributed by atoms with Crippen molar-refractivity contribution in [2.75, 3.05) is 19.4 Å². The van der Waals surface area contributed by atoms with Crippen LogP contribution < -0.4 is 10.6 Å². The Balaban J connectivity index is 1.59. The Labute approximate surface area is 175 Å². The zero-order valence-electron chi connectivity index (χ0n) is 16.2. The van der Waals surface area contributed by atoms with Crippen molar-refractivity contribution in [2.45, 2.75) is 24.7 Å². The molecule has 5 atom stereocenters. The number of aromatic nitrogens is 5. The van der Waals surface area contributed by atoms with Crippen molar-refractivity contribution in [3.63, 3.8) is 0 Å². The van der Waals surface area contributed by atoms with Gasteiger partial charge in [-0.05, 0) is 18.3 Å². The lowest BCUT2D eigenvalue weighted by molar-refractivity contribution is -0.132. The SMILES string of the molecule is CNC(=O)[C@@]12C[C@@H]1[C@@H](n1cnc3c(NC)nc(C#Cc4nccs4)nc31)[C@H](O)[C@@H]2O. The molecule has 154 valence electrons. The van der Waals surface area contributed by atoms with Gasteiger partial charge >= 0.3 is 0 Å². The van der Waals surface area contributed by atoms with E-state index in [9.17, 15) is 15.0 Å². The zero-order chi connectivity index (χ0) is 21.0. The summed E-state index contributed by atoms with van der Waals surface area (Å²) in [5.74, 6) is 6.17. The van der Waals surface area contributed by atoms with Crippen LogP contribution in [0.25, 0.3) is 11.2 Å². The number of thiazole rings is 1. The molecule has 2 aliphatic carbocycles. The molecule has 3 aromatic rings. The molecule has 2 aliphatic rings. The Morgan fingerprint density at radius 1 is 1.30 bits per heavy atom. The molecule has 2 fully saturated rings. The molecule has 3 heterocycles. The van der Waals surface area contributed by atoms with Crippen LogP contribution in [0.1, 0.15) is 23.3 Å². The molecule has 3 aromatic heterocycles. The molecule has 0 unspecified atom stereocenters. The molecular formula is C19H19N7O3S. The van der Waals surface area contributed by atoms with Gasteiger partial charge < -0.3 is 25.4 Å². The van der Waals surface area contributed by atoms with E-state index in [0.717, 1.165) is 0 Å². The third kappa shape index (κ3) is 2.54. The zero-order valence-corrected chi connectivity index (χ0v) is 17.0. The highest BCUT2D eigenvalue weighted by atomic mass is 32.1. The number of aliphatic hydroxyl groups is 2. The summed E-state index contributed by atoms with van der Waals surface area (Å²) in [6.07, 6.45) is 1.47. The van der Waals surface area contributed by atoms with E-state index in [0.29, 0.717) is 28.4 Å². The summed E-state index contributed by atoms with van der Waals surface area (Å²) in [4.78, 5) is 29.9. The second kappa shape index (κ2) is 6.73. The van der Waals surface area contributed by atoms with Crippen LogP contribution in [0.2, 0.25) is 0 Å². The van der Waals surface area contributed by atoms with Crippen LogP contribution in [0.5, 0.6) is 0 Å². The number of nitrogens with zero attached hydrogens (tertiary/aromatic N) is 5. The van der Waals surface area contributed by atoms with Crippen LogP contribution >= 0.6 is 11.3 Å². The van der Waals surface area contributed by atoms with Crippen LogP contribution in [-0.4, -0.2) is 66.9 Å². The number of imidazole rings is 1. The molecule has 0 aliphatic heterocycles. The molecule has 11 heteroatoms. The highest BCUT2D eigenvalue weighted by molar-refractivity contribution is 7.10. The number of hydrogen-bond acceptors (Lipinski definition) is 9. The topological polar surface area (TPSA) is 138 Å². The summed E-state index contributed by atoms with van der Waals surface area (Å²) < 4.78 is 1.72. The molecule has 0 bridgehead atoms. The molecule has 1 amide bonds. The third-order valence-corrected chi connectivity index (χ3v) is 6.70. The van der Waals surface area contributed by atoms with Crippen molar-refractivity contribution < 1.29 is 15.0 Å². The second-order valence-corrected chi connectivity index (χ2v) is 8.31. The largest absolute Gasteiger partial charge is 0.389 e. The van der Waals surface area contributed by atoms with Crippen molar-refractivity contribution >= 4 is 34.2 Å². The number of hydrogen-bond donors (Lipinski definition) is 4. The van der Waals surface area contributed by atoms with E-state index in [-0.39, 0.29) is 17.6 Å². The quantitative estimate of drug-likeness (QED) is 0.422. The number of anilines is 1. The van der Waals surface area contributed by atoms with E-state index in [4.69, 9.17) is 0 Å². The van der Waals surface area contributed by atoms with E-state index >= 15 is 0 Å².